The van der Waals surface area contributed by atoms with Crippen molar-refractivity contribution in [2.45, 2.75) is 77.1 Å². The molecule has 1 aliphatic carbocycles. The van der Waals surface area contributed by atoms with Gasteiger partial charge in [0.15, 0.2) is 0 Å². The van der Waals surface area contributed by atoms with Gasteiger partial charge in [-0.15, -0.1) is 0 Å². The van der Waals surface area contributed by atoms with Gasteiger partial charge in [-0.2, -0.15) is 0 Å². The number of hydrogen-bond donors (Lipinski definition) is 4. The van der Waals surface area contributed by atoms with Crippen LogP contribution in [0.2, 0.25) is 0 Å². The van der Waals surface area contributed by atoms with Crippen LogP contribution in [-0.2, 0) is 0 Å². The van der Waals surface area contributed by atoms with E-state index < -0.39 is 17.8 Å². The van der Waals surface area contributed by atoms with Crippen molar-refractivity contribution in [2.75, 3.05) is 6.61 Å². The van der Waals surface area contributed by atoms with Gasteiger partial charge >= 0.3 is 0 Å². The number of rotatable bonds is 2. The quantitative estimate of drug-likeness (QED) is 0.584. The lowest BCUT2D eigenvalue weighted by Gasteiger charge is -2.29. The average molecular weight is 338 g/mol. The normalized spacial score (nSPS) is 38.4. The van der Waals surface area contributed by atoms with Crippen LogP contribution in [0.1, 0.15) is 59.3 Å². The van der Waals surface area contributed by atoms with Gasteiger partial charge in [0.05, 0.1) is 24.4 Å². The maximum absolute atomic E-state index is 10.5. The molecule has 0 aromatic carbocycles. The van der Waals surface area contributed by atoms with Crippen LogP contribution in [0.5, 0.6) is 0 Å². The highest BCUT2D eigenvalue weighted by Gasteiger charge is 2.29. The van der Waals surface area contributed by atoms with Crippen LogP contribution in [-0.4, -0.2) is 44.8 Å². The molecule has 1 rings (SSSR count). The molecule has 1 aliphatic rings. The van der Waals surface area contributed by atoms with E-state index >= 15 is 0 Å². The standard InChI is InChI=1S/C20H34O4/c1-14(2)17-9-7-15(3)6-5-11-20(4,24)19(23)10-8-16(13-21)12-18(17)22/h6,12,17-19,21-24H,1,5,7-11,13H2,2-4H3/b15-6+,16-12+/t17-,18+,19-,20-/m1/s1. The van der Waals surface area contributed by atoms with Gasteiger partial charge in [-0.3, -0.25) is 0 Å². The molecule has 0 radical (unpaired) electrons. The van der Waals surface area contributed by atoms with Gasteiger partial charge in [-0.25, -0.2) is 0 Å². The Morgan fingerprint density at radius 1 is 1.29 bits per heavy atom. The highest BCUT2D eigenvalue weighted by Crippen LogP contribution is 2.27. The first-order valence-electron chi connectivity index (χ1n) is 8.87. The van der Waals surface area contributed by atoms with E-state index in [9.17, 15) is 20.4 Å². The average Bonchev–Trinajstić information content (AvgIpc) is 2.49. The summed E-state index contributed by atoms with van der Waals surface area (Å²) in [4.78, 5) is 0. The second kappa shape index (κ2) is 9.52. The molecule has 0 fully saturated rings. The summed E-state index contributed by atoms with van der Waals surface area (Å²) >= 11 is 0. The molecule has 0 amide bonds. The topological polar surface area (TPSA) is 80.9 Å². The second-order valence-corrected chi connectivity index (χ2v) is 7.47. The SMILES string of the molecule is C=C(C)[C@H]1CC/C(C)=C/CC[C@@](C)(O)[C@H](O)CC/C(CO)=C\[C@@H]1O. The molecule has 4 atom stereocenters. The minimum absolute atomic E-state index is 0.0501. The van der Waals surface area contributed by atoms with Crippen LogP contribution >= 0.6 is 0 Å². The van der Waals surface area contributed by atoms with Crippen molar-refractivity contribution in [3.63, 3.8) is 0 Å². The third-order valence-corrected chi connectivity index (χ3v) is 5.10. The maximum Gasteiger partial charge on any atom is 0.0880 e. The van der Waals surface area contributed by atoms with Crippen LogP contribution < -0.4 is 0 Å². The molecule has 0 bridgehead atoms. The Labute approximate surface area is 146 Å². The van der Waals surface area contributed by atoms with Gasteiger partial charge in [-0.1, -0.05) is 29.9 Å². The fraction of sp³-hybridized carbons (Fsp3) is 0.700. The predicted octanol–water partition coefficient (Wildman–Crippen LogP) is 2.87. The Hall–Kier alpha value is -0.940. The van der Waals surface area contributed by atoms with Gasteiger partial charge < -0.3 is 20.4 Å². The maximum atomic E-state index is 10.5. The molecule has 0 heterocycles. The molecule has 4 heteroatoms. The molecular weight excluding hydrogens is 304 g/mol. The Morgan fingerprint density at radius 3 is 2.54 bits per heavy atom. The zero-order chi connectivity index (χ0) is 18.3. The molecule has 4 N–H and O–H groups in total. The van der Waals surface area contributed by atoms with Crippen molar-refractivity contribution in [3.05, 3.63) is 35.5 Å². The van der Waals surface area contributed by atoms with E-state index in [1.54, 1.807) is 13.0 Å². The fourth-order valence-electron chi connectivity index (χ4n) is 3.18. The molecule has 138 valence electrons. The Bertz CT molecular complexity index is 476. The first-order chi connectivity index (χ1) is 11.2. The molecule has 24 heavy (non-hydrogen) atoms. The minimum Gasteiger partial charge on any atom is -0.392 e. The summed E-state index contributed by atoms with van der Waals surface area (Å²) in [6.07, 6.45) is 5.88. The van der Waals surface area contributed by atoms with Crippen molar-refractivity contribution in [3.8, 4) is 0 Å². The molecular formula is C20H34O4. The van der Waals surface area contributed by atoms with Crippen LogP contribution in [0.3, 0.4) is 0 Å². The molecule has 4 nitrogen and oxygen atoms in total. The zero-order valence-electron chi connectivity index (χ0n) is 15.3. The van der Waals surface area contributed by atoms with Crippen LogP contribution in [0.4, 0.5) is 0 Å². The van der Waals surface area contributed by atoms with E-state index in [-0.39, 0.29) is 12.5 Å². The Morgan fingerprint density at radius 2 is 1.96 bits per heavy atom. The van der Waals surface area contributed by atoms with Crippen molar-refractivity contribution in [1.82, 2.24) is 0 Å². The first-order valence-corrected chi connectivity index (χ1v) is 8.87. The number of aliphatic hydroxyl groups is 4. The monoisotopic (exact) mass is 338 g/mol. The number of hydrogen-bond acceptors (Lipinski definition) is 4. The molecule has 0 aromatic heterocycles. The van der Waals surface area contributed by atoms with E-state index in [0.717, 1.165) is 18.4 Å². The summed E-state index contributed by atoms with van der Waals surface area (Å²) < 4.78 is 0. The summed E-state index contributed by atoms with van der Waals surface area (Å²) in [5, 5.41) is 40.8. The Balaban J connectivity index is 3.03. The van der Waals surface area contributed by atoms with E-state index in [1.807, 2.05) is 13.8 Å². The molecule has 0 aromatic rings. The van der Waals surface area contributed by atoms with E-state index in [1.165, 1.54) is 5.57 Å². The Kier molecular flexibility index (Phi) is 8.37. The summed E-state index contributed by atoms with van der Waals surface area (Å²) in [5.74, 6) is -0.0501. The lowest BCUT2D eigenvalue weighted by molar-refractivity contribution is -0.0693. The molecule has 0 spiro atoms. The first kappa shape index (κ1) is 21.1. The zero-order valence-corrected chi connectivity index (χ0v) is 15.3. The molecule has 0 unspecified atom stereocenters. The van der Waals surface area contributed by atoms with Gasteiger partial charge in [0.2, 0.25) is 0 Å². The van der Waals surface area contributed by atoms with Crippen LogP contribution in [0, 0.1) is 5.92 Å². The van der Waals surface area contributed by atoms with Crippen molar-refractivity contribution in [2.24, 2.45) is 5.92 Å². The summed E-state index contributed by atoms with van der Waals surface area (Å²) in [7, 11) is 0. The molecule has 0 saturated carbocycles. The van der Waals surface area contributed by atoms with E-state index in [2.05, 4.69) is 12.7 Å². The third-order valence-electron chi connectivity index (χ3n) is 5.10. The summed E-state index contributed by atoms with van der Waals surface area (Å²) in [5.41, 5.74) is 1.68. The molecule has 0 saturated heterocycles. The van der Waals surface area contributed by atoms with Crippen molar-refractivity contribution < 1.29 is 20.4 Å². The number of aliphatic hydroxyl groups excluding tert-OH is 3. The second-order valence-electron chi connectivity index (χ2n) is 7.47. The van der Waals surface area contributed by atoms with Crippen molar-refractivity contribution in [1.29, 1.82) is 0 Å². The summed E-state index contributed by atoms with van der Waals surface area (Å²) in [6, 6.07) is 0. The van der Waals surface area contributed by atoms with Crippen LogP contribution in [0.25, 0.3) is 0 Å². The lowest BCUT2D eigenvalue weighted by Crippen LogP contribution is -2.39. The lowest BCUT2D eigenvalue weighted by atomic mass is 9.85. The van der Waals surface area contributed by atoms with Crippen molar-refractivity contribution >= 4 is 0 Å². The van der Waals surface area contributed by atoms with E-state index in [4.69, 9.17) is 0 Å². The summed E-state index contributed by atoms with van der Waals surface area (Å²) in [6.45, 7) is 9.46. The molecule has 0 aliphatic heterocycles. The van der Waals surface area contributed by atoms with Gasteiger partial charge in [0.1, 0.15) is 0 Å². The largest absolute Gasteiger partial charge is 0.392 e. The smallest absolute Gasteiger partial charge is 0.0880 e. The highest BCUT2D eigenvalue weighted by atomic mass is 16.3. The minimum atomic E-state index is -1.15. The number of allylic oxidation sites excluding steroid dienone is 2. The van der Waals surface area contributed by atoms with Gasteiger partial charge in [0, 0.05) is 5.92 Å². The van der Waals surface area contributed by atoms with E-state index in [0.29, 0.717) is 31.3 Å². The van der Waals surface area contributed by atoms with Gasteiger partial charge in [-0.05, 0) is 64.9 Å². The third kappa shape index (κ3) is 6.52. The highest BCUT2D eigenvalue weighted by molar-refractivity contribution is 5.13. The van der Waals surface area contributed by atoms with Crippen LogP contribution in [0.15, 0.2) is 35.5 Å². The predicted molar refractivity (Wildman–Crippen MR) is 97.6 cm³/mol. The van der Waals surface area contributed by atoms with Gasteiger partial charge in [0.25, 0.3) is 0 Å². The fourth-order valence-corrected chi connectivity index (χ4v) is 3.18.